The second-order valence-electron chi connectivity index (χ2n) is 7.15. The molecule has 0 N–H and O–H groups in total. The van der Waals surface area contributed by atoms with Gasteiger partial charge in [-0.2, -0.15) is 0 Å². The van der Waals surface area contributed by atoms with Crippen LogP contribution in [-0.4, -0.2) is 26.8 Å². The minimum Gasteiger partial charge on any atom is -0.366 e. The Bertz CT molecular complexity index is 1120. The van der Waals surface area contributed by atoms with Gasteiger partial charge in [-0.05, 0) is 47.7 Å². The Labute approximate surface area is 184 Å². The molecule has 1 atom stereocenters. The molecule has 6 heteroatoms. The Balaban J connectivity index is 1.91. The number of hydrogen-bond donors (Lipinski definition) is 0. The second-order valence-corrected chi connectivity index (χ2v) is 10.7. The molecule has 0 fully saturated rings. The predicted molar refractivity (Wildman–Crippen MR) is 126 cm³/mol. The topological polar surface area (TPSA) is 37.4 Å². The summed E-state index contributed by atoms with van der Waals surface area (Å²) in [6, 6.07) is 21.0. The molecular weight excluding hydrogens is 466 g/mol. The summed E-state index contributed by atoms with van der Waals surface area (Å²) in [5.74, 6) is 0.0792. The number of sulfone groups is 1. The van der Waals surface area contributed by atoms with Crippen molar-refractivity contribution in [2.24, 2.45) is 5.92 Å². The van der Waals surface area contributed by atoms with E-state index in [9.17, 15) is 8.42 Å². The van der Waals surface area contributed by atoms with Crippen molar-refractivity contribution in [3.63, 3.8) is 0 Å². The van der Waals surface area contributed by atoms with Crippen LogP contribution in [0.3, 0.4) is 0 Å². The largest absolute Gasteiger partial charge is 0.366 e. The van der Waals surface area contributed by atoms with Crippen molar-refractivity contribution in [2.75, 3.05) is 23.3 Å². The van der Waals surface area contributed by atoms with Gasteiger partial charge >= 0.3 is 0 Å². The minimum atomic E-state index is -3.61. The highest BCUT2D eigenvalue weighted by molar-refractivity contribution is 9.09. The summed E-state index contributed by atoms with van der Waals surface area (Å²) in [5, 5.41) is 2.71. The zero-order chi connectivity index (χ0) is 20.4. The van der Waals surface area contributed by atoms with Crippen LogP contribution in [0.15, 0.2) is 81.9 Å². The summed E-state index contributed by atoms with van der Waals surface area (Å²) in [6.45, 7) is 3.22. The van der Waals surface area contributed by atoms with Crippen LogP contribution in [0.5, 0.6) is 0 Å². The molecule has 1 aliphatic heterocycles. The molecule has 2 heterocycles. The lowest BCUT2D eigenvalue weighted by Crippen LogP contribution is -2.39. The fraction of sp³-hybridized carbons (Fsp3) is 0.217. The molecule has 0 amide bonds. The van der Waals surface area contributed by atoms with Crippen LogP contribution < -0.4 is 4.90 Å². The lowest BCUT2D eigenvalue weighted by Gasteiger charge is -2.37. The van der Waals surface area contributed by atoms with Gasteiger partial charge in [-0.3, -0.25) is 0 Å². The van der Waals surface area contributed by atoms with Crippen LogP contribution in [0.2, 0.25) is 0 Å². The molecule has 0 radical (unpaired) electrons. The normalized spacial score (nSPS) is 17.6. The monoisotopic (exact) mass is 487 g/mol. The number of nitrogens with zero attached hydrogens (tertiary/aromatic N) is 1. The first-order valence-corrected chi connectivity index (χ1v) is 12.9. The number of anilines is 1. The Kier molecular flexibility index (Phi) is 5.95. The van der Waals surface area contributed by atoms with E-state index in [1.54, 1.807) is 35.6 Å². The fourth-order valence-electron chi connectivity index (χ4n) is 3.88. The van der Waals surface area contributed by atoms with Crippen molar-refractivity contribution in [3.8, 4) is 0 Å². The van der Waals surface area contributed by atoms with Gasteiger partial charge in [0, 0.05) is 28.4 Å². The first-order valence-electron chi connectivity index (χ1n) is 9.46. The number of aryl methyl sites for hydroxylation is 1. The molecule has 2 aromatic carbocycles. The first-order chi connectivity index (χ1) is 14.0. The Morgan fingerprint density at radius 3 is 2.41 bits per heavy atom. The summed E-state index contributed by atoms with van der Waals surface area (Å²) in [5.41, 5.74) is 3.19. The standard InChI is InChI=1S/C23H22BrNO2S2/c1-17-8-5-6-11-20(17)25-15-18(14-24)23(21-12-7-13-28-21)22(16-25)29(26,27)19-9-3-2-4-10-19/h2-13,18H,14-16H2,1H3. The van der Waals surface area contributed by atoms with E-state index in [2.05, 4.69) is 39.9 Å². The van der Waals surface area contributed by atoms with Crippen LogP contribution in [0.1, 0.15) is 10.4 Å². The zero-order valence-corrected chi connectivity index (χ0v) is 19.3. The van der Waals surface area contributed by atoms with Gasteiger partial charge in [0.15, 0.2) is 0 Å². The van der Waals surface area contributed by atoms with Crippen LogP contribution in [0.25, 0.3) is 5.57 Å². The van der Waals surface area contributed by atoms with Crippen molar-refractivity contribution in [1.29, 1.82) is 0 Å². The lowest BCUT2D eigenvalue weighted by molar-refractivity contribution is 0.596. The maximum Gasteiger partial charge on any atom is 0.204 e. The molecule has 3 aromatic rings. The lowest BCUT2D eigenvalue weighted by atomic mass is 9.94. The molecule has 3 nitrogen and oxygen atoms in total. The fourth-order valence-corrected chi connectivity index (χ4v) is 7.04. The predicted octanol–water partition coefficient (Wildman–Crippen LogP) is 5.77. The summed E-state index contributed by atoms with van der Waals surface area (Å²) in [7, 11) is -3.61. The molecule has 150 valence electrons. The molecule has 0 spiro atoms. The second kappa shape index (κ2) is 8.46. The maximum atomic E-state index is 13.7. The third kappa shape index (κ3) is 3.93. The number of alkyl halides is 1. The van der Waals surface area contributed by atoms with Crippen LogP contribution in [-0.2, 0) is 9.84 Å². The molecule has 1 unspecified atom stereocenters. The van der Waals surface area contributed by atoms with E-state index in [4.69, 9.17) is 0 Å². The minimum absolute atomic E-state index is 0.0792. The van der Waals surface area contributed by atoms with E-state index in [1.165, 1.54) is 0 Å². The first kappa shape index (κ1) is 20.4. The van der Waals surface area contributed by atoms with E-state index < -0.39 is 9.84 Å². The van der Waals surface area contributed by atoms with Crippen LogP contribution in [0, 0.1) is 12.8 Å². The highest BCUT2D eigenvalue weighted by atomic mass is 79.9. The van der Waals surface area contributed by atoms with E-state index in [-0.39, 0.29) is 5.92 Å². The molecule has 0 bridgehead atoms. The highest BCUT2D eigenvalue weighted by Gasteiger charge is 2.36. The molecule has 0 saturated heterocycles. The molecule has 0 aliphatic carbocycles. The molecule has 29 heavy (non-hydrogen) atoms. The van der Waals surface area contributed by atoms with Crippen molar-refractivity contribution in [1.82, 2.24) is 0 Å². The van der Waals surface area contributed by atoms with Crippen molar-refractivity contribution >= 4 is 48.4 Å². The van der Waals surface area contributed by atoms with E-state index in [1.807, 2.05) is 35.7 Å². The van der Waals surface area contributed by atoms with Gasteiger partial charge in [0.25, 0.3) is 0 Å². The highest BCUT2D eigenvalue weighted by Crippen LogP contribution is 2.41. The quantitative estimate of drug-likeness (QED) is 0.428. The number of benzene rings is 2. The van der Waals surface area contributed by atoms with Crippen LogP contribution in [0.4, 0.5) is 5.69 Å². The van der Waals surface area contributed by atoms with E-state index in [0.717, 1.165) is 28.2 Å². The SMILES string of the molecule is Cc1ccccc1N1CC(S(=O)(=O)c2ccccc2)=C(c2cccs2)C(CBr)C1. The summed E-state index contributed by atoms with van der Waals surface area (Å²) < 4.78 is 27.4. The summed E-state index contributed by atoms with van der Waals surface area (Å²) >= 11 is 5.26. The van der Waals surface area contributed by atoms with Gasteiger partial charge in [0.2, 0.25) is 9.84 Å². The Morgan fingerprint density at radius 1 is 1.03 bits per heavy atom. The average molecular weight is 488 g/mol. The molecule has 1 aromatic heterocycles. The van der Waals surface area contributed by atoms with Gasteiger partial charge in [-0.1, -0.05) is 58.4 Å². The number of rotatable bonds is 5. The maximum absolute atomic E-state index is 13.7. The number of thiophene rings is 1. The molecule has 4 rings (SSSR count). The van der Waals surface area contributed by atoms with Gasteiger partial charge in [0.1, 0.15) is 0 Å². The molecular formula is C23H22BrNO2S2. The van der Waals surface area contributed by atoms with Crippen molar-refractivity contribution in [3.05, 3.63) is 87.5 Å². The van der Waals surface area contributed by atoms with Crippen molar-refractivity contribution in [2.45, 2.75) is 11.8 Å². The zero-order valence-electron chi connectivity index (χ0n) is 16.1. The Morgan fingerprint density at radius 2 is 1.76 bits per heavy atom. The van der Waals surface area contributed by atoms with Crippen LogP contribution >= 0.6 is 27.3 Å². The summed E-state index contributed by atoms with van der Waals surface area (Å²) in [4.78, 5) is 4.09. The number of para-hydroxylation sites is 1. The average Bonchev–Trinajstić information content (AvgIpc) is 3.28. The third-order valence-electron chi connectivity index (χ3n) is 5.29. The molecule has 0 saturated carbocycles. The number of hydrogen-bond acceptors (Lipinski definition) is 4. The summed E-state index contributed by atoms with van der Waals surface area (Å²) in [6.07, 6.45) is 0. The smallest absolute Gasteiger partial charge is 0.204 e. The van der Waals surface area contributed by atoms with Gasteiger partial charge in [0.05, 0.1) is 16.3 Å². The third-order valence-corrected chi connectivity index (χ3v) is 8.87. The van der Waals surface area contributed by atoms with Crippen molar-refractivity contribution < 1.29 is 8.42 Å². The number of halogens is 1. The Hall–Kier alpha value is -1.89. The van der Waals surface area contributed by atoms with E-state index in [0.29, 0.717) is 21.7 Å². The van der Waals surface area contributed by atoms with Gasteiger partial charge < -0.3 is 4.90 Å². The van der Waals surface area contributed by atoms with Gasteiger partial charge in [-0.15, -0.1) is 11.3 Å². The van der Waals surface area contributed by atoms with Gasteiger partial charge in [-0.25, -0.2) is 8.42 Å². The van der Waals surface area contributed by atoms with E-state index >= 15 is 0 Å². The molecule has 1 aliphatic rings.